The number of rotatable bonds is 5. The summed E-state index contributed by atoms with van der Waals surface area (Å²) in [5.74, 6) is 0.710. The van der Waals surface area contributed by atoms with Crippen LogP contribution in [0.5, 0.6) is 0 Å². The summed E-state index contributed by atoms with van der Waals surface area (Å²) in [6.07, 6.45) is 5.77. The van der Waals surface area contributed by atoms with E-state index in [-0.39, 0.29) is 6.04 Å². The summed E-state index contributed by atoms with van der Waals surface area (Å²) in [5.41, 5.74) is 0. The maximum atomic E-state index is 13.7. The fourth-order valence-electron chi connectivity index (χ4n) is 2.11. The first-order valence-corrected chi connectivity index (χ1v) is 6.07. The van der Waals surface area contributed by atoms with Crippen molar-refractivity contribution in [2.75, 3.05) is 6.54 Å². The molecule has 0 aliphatic carbocycles. The van der Waals surface area contributed by atoms with Gasteiger partial charge in [0.1, 0.15) is 6.17 Å². The Morgan fingerprint density at radius 2 is 2.07 bits per heavy atom. The van der Waals surface area contributed by atoms with E-state index in [1.807, 2.05) is 0 Å². The first-order valence-electron chi connectivity index (χ1n) is 6.07. The molecule has 2 atom stereocenters. The predicted molar refractivity (Wildman–Crippen MR) is 59.2 cm³/mol. The molecule has 1 rings (SSSR count). The third-order valence-electron chi connectivity index (χ3n) is 3.05. The average Bonchev–Trinajstić information content (AvgIpc) is 2.18. The summed E-state index contributed by atoms with van der Waals surface area (Å²) >= 11 is 0. The van der Waals surface area contributed by atoms with E-state index >= 15 is 0 Å². The van der Waals surface area contributed by atoms with Crippen LogP contribution in [0.4, 0.5) is 4.39 Å². The third kappa shape index (κ3) is 4.41. The molecule has 84 valence electrons. The van der Waals surface area contributed by atoms with Gasteiger partial charge < -0.3 is 5.32 Å². The highest BCUT2D eigenvalue weighted by Crippen LogP contribution is 2.18. The Kier molecular flexibility index (Phi) is 5.46. The van der Waals surface area contributed by atoms with Crippen LogP contribution in [0.3, 0.4) is 0 Å². The second-order valence-corrected chi connectivity index (χ2v) is 4.90. The highest BCUT2D eigenvalue weighted by Gasteiger charge is 2.21. The standard InChI is InChI=1S/C12H24FN/c1-10(2)6-5-7-11(13)12-8-3-4-9-14-12/h10-12,14H,3-9H2,1-2H3. The molecule has 0 amide bonds. The molecule has 1 aliphatic heterocycles. The molecular weight excluding hydrogens is 177 g/mol. The maximum Gasteiger partial charge on any atom is 0.115 e. The average molecular weight is 201 g/mol. The molecular formula is C12H24FN. The second kappa shape index (κ2) is 6.39. The molecule has 1 saturated heterocycles. The summed E-state index contributed by atoms with van der Waals surface area (Å²) in [6, 6.07) is 0.149. The Morgan fingerprint density at radius 3 is 2.64 bits per heavy atom. The Balaban J connectivity index is 2.10. The molecule has 14 heavy (non-hydrogen) atoms. The van der Waals surface area contributed by atoms with Gasteiger partial charge >= 0.3 is 0 Å². The monoisotopic (exact) mass is 201 g/mol. The molecule has 1 aliphatic rings. The third-order valence-corrected chi connectivity index (χ3v) is 3.05. The molecule has 2 unspecified atom stereocenters. The van der Waals surface area contributed by atoms with Crippen molar-refractivity contribution in [3.63, 3.8) is 0 Å². The van der Waals surface area contributed by atoms with Crippen LogP contribution < -0.4 is 5.32 Å². The van der Waals surface area contributed by atoms with Gasteiger partial charge in [-0.1, -0.05) is 33.1 Å². The van der Waals surface area contributed by atoms with E-state index in [1.54, 1.807) is 0 Å². The highest BCUT2D eigenvalue weighted by atomic mass is 19.1. The minimum absolute atomic E-state index is 0.149. The zero-order valence-corrected chi connectivity index (χ0v) is 9.56. The van der Waals surface area contributed by atoms with Crippen molar-refractivity contribution in [2.45, 2.75) is 64.6 Å². The summed E-state index contributed by atoms with van der Waals surface area (Å²) in [5, 5.41) is 3.28. The van der Waals surface area contributed by atoms with Crippen molar-refractivity contribution in [1.29, 1.82) is 0 Å². The van der Waals surface area contributed by atoms with E-state index in [0.29, 0.717) is 5.92 Å². The molecule has 0 spiro atoms. The number of alkyl halides is 1. The van der Waals surface area contributed by atoms with Crippen LogP contribution in [-0.4, -0.2) is 18.8 Å². The van der Waals surface area contributed by atoms with Crippen LogP contribution in [0.15, 0.2) is 0 Å². The van der Waals surface area contributed by atoms with Crippen molar-refractivity contribution in [1.82, 2.24) is 5.32 Å². The molecule has 0 aromatic heterocycles. The highest BCUT2D eigenvalue weighted by molar-refractivity contribution is 4.79. The number of nitrogens with one attached hydrogen (secondary N) is 1. The number of hydrogen-bond donors (Lipinski definition) is 1. The van der Waals surface area contributed by atoms with Gasteiger partial charge in [0.15, 0.2) is 0 Å². The molecule has 1 heterocycles. The van der Waals surface area contributed by atoms with Crippen molar-refractivity contribution in [3.8, 4) is 0 Å². The van der Waals surface area contributed by atoms with E-state index in [0.717, 1.165) is 32.2 Å². The van der Waals surface area contributed by atoms with E-state index in [4.69, 9.17) is 0 Å². The van der Waals surface area contributed by atoms with Crippen LogP contribution in [0, 0.1) is 5.92 Å². The largest absolute Gasteiger partial charge is 0.311 e. The summed E-state index contributed by atoms with van der Waals surface area (Å²) < 4.78 is 13.7. The zero-order chi connectivity index (χ0) is 10.4. The molecule has 0 aromatic rings. The summed E-state index contributed by atoms with van der Waals surface area (Å²) in [6.45, 7) is 5.41. The van der Waals surface area contributed by atoms with Gasteiger partial charge in [0.05, 0.1) is 0 Å². The number of halogens is 1. The molecule has 2 heteroatoms. The van der Waals surface area contributed by atoms with Gasteiger partial charge in [-0.15, -0.1) is 0 Å². The minimum atomic E-state index is -0.617. The van der Waals surface area contributed by atoms with Crippen LogP contribution in [-0.2, 0) is 0 Å². The molecule has 0 aromatic carbocycles. The molecule has 1 fully saturated rings. The molecule has 0 saturated carbocycles. The normalized spacial score (nSPS) is 25.3. The smallest absolute Gasteiger partial charge is 0.115 e. The predicted octanol–water partition coefficient (Wildman–Crippen LogP) is 3.29. The van der Waals surface area contributed by atoms with E-state index < -0.39 is 6.17 Å². The van der Waals surface area contributed by atoms with Gasteiger partial charge in [0.25, 0.3) is 0 Å². The van der Waals surface area contributed by atoms with Crippen LogP contribution in [0.2, 0.25) is 0 Å². The molecule has 0 radical (unpaired) electrons. The van der Waals surface area contributed by atoms with E-state index in [1.165, 1.54) is 12.8 Å². The first-order chi connectivity index (χ1) is 6.70. The fraction of sp³-hybridized carbons (Fsp3) is 1.00. The quantitative estimate of drug-likeness (QED) is 0.719. The van der Waals surface area contributed by atoms with Crippen molar-refractivity contribution >= 4 is 0 Å². The van der Waals surface area contributed by atoms with Crippen molar-refractivity contribution < 1.29 is 4.39 Å². The lowest BCUT2D eigenvalue weighted by Crippen LogP contribution is -2.41. The van der Waals surface area contributed by atoms with Crippen LogP contribution in [0.1, 0.15) is 52.4 Å². The molecule has 1 N–H and O–H groups in total. The maximum absolute atomic E-state index is 13.7. The van der Waals surface area contributed by atoms with E-state index in [9.17, 15) is 4.39 Å². The topological polar surface area (TPSA) is 12.0 Å². The lowest BCUT2D eigenvalue weighted by molar-refractivity contribution is 0.201. The molecule has 1 nitrogen and oxygen atoms in total. The fourth-order valence-corrected chi connectivity index (χ4v) is 2.11. The van der Waals surface area contributed by atoms with Gasteiger partial charge in [-0.05, 0) is 31.7 Å². The second-order valence-electron chi connectivity index (χ2n) is 4.90. The van der Waals surface area contributed by atoms with Gasteiger partial charge in [-0.25, -0.2) is 4.39 Å². The van der Waals surface area contributed by atoms with Crippen molar-refractivity contribution in [3.05, 3.63) is 0 Å². The first kappa shape index (κ1) is 12.0. The van der Waals surface area contributed by atoms with Crippen LogP contribution in [0.25, 0.3) is 0 Å². The van der Waals surface area contributed by atoms with Gasteiger partial charge in [-0.2, -0.15) is 0 Å². The SMILES string of the molecule is CC(C)CCCC(F)C1CCCCN1. The van der Waals surface area contributed by atoms with Crippen LogP contribution >= 0.6 is 0 Å². The van der Waals surface area contributed by atoms with Gasteiger partial charge in [-0.3, -0.25) is 0 Å². The van der Waals surface area contributed by atoms with Gasteiger partial charge in [0.2, 0.25) is 0 Å². The summed E-state index contributed by atoms with van der Waals surface area (Å²) in [4.78, 5) is 0. The Bertz CT molecular complexity index is 141. The summed E-state index contributed by atoms with van der Waals surface area (Å²) in [7, 11) is 0. The lowest BCUT2D eigenvalue weighted by Gasteiger charge is -2.26. The van der Waals surface area contributed by atoms with Gasteiger partial charge in [0, 0.05) is 6.04 Å². The Hall–Kier alpha value is -0.110. The number of hydrogen-bond acceptors (Lipinski definition) is 1. The Morgan fingerprint density at radius 1 is 1.29 bits per heavy atom. The minimum Gasteiger partial charge on any atom is -0.311 e. The Labute approximate surface area is 87.5 Å². The lowest BCUT2D eigenvalue weighted by atomic mass is 9.96. The van der Waals surface area contributed by atoms with E-state index in [2.05, 4.69) is 19.2 Å². The molecule has 0 bridgehead atoms. The number of piperidine rings is 1. The zero-order valence-electron chi connectivity index (χ0n) is 9.56. The van der Waals surface area contributed by atoms with Crippen molar-refractivity contribution in [2.24, 2.45) is 5.92 Å².